The number of hydrogen-bond donors (Lipinski definition) is 1. The van der Waals surface area contributed by atoms with Crippen LogP contribution in [0, 0.1) is 20.8 Å². The van der Waals surface area contributed by atoms with Crippen LogP contribution in [-0.4, -0.2) is 30.0 Å². The smallest absolute Gasteiger partial charge is 0.226 e. The predicted octanol–water partition coefficient (Wildman–Crippen LogP) is 4.56. The molecule has 30 heavy (non-hydrogen) atoms. The molecule has 1 N–H and O–H groups in total. The summed E-state index contributed by atoms with van der Waals surface area (Å²) in [5.74, 6) is -0.0364. The maximum Gasteiger partial charge on any atom is 0.226 e. The van der Waals surface area contributed by atoms with Crippen molar-refractivity contribution in [2.75, 3.05) is 5.32 Å². The molecule has 7 nitrogen and oxygen atoms in total. The summed E-state index contributed by atoms with van der Waals surface area (Å²) in [6, 6.07) is 12.4. The van der Waals surface area contributed by atoms with Gasteiger partial charge < -0.3 is 9.88 Å². The summed E-state index contributed by atoms with van der Waals surface area (Å²) in [7, 11) is 0. The third kappa shape index (κ3) is 3.63. The zero-order chi connectivity index (χ0) is 21.4. The number of nitrogens with one attached hydrogen (secondary N) is 1. The lowest BCUT2D eigenvalue weighted by molar-refractivity contribution is -0.116. The van der Waals surface area contributed by atoms with Crippen molar-refractivity contribution in [3.63, 3.8) is 0 Å². The van der Waals surface area contributed by atoms with Gasteiger partial charge in [-0.2, -0.15) is 10.2 Å². The van der Waals surface area contributed by atoms with Gasteiger partial charge in [0.25, 0.3) is 0 Å². The minimum atomic E-state index is -0.0364. The fourth-order valence-electron chi connectivity index (χ4n) is 3.97. The molecule has 156 valence electrons. The van der Waals surface area contributed by atoms with Crippen molar-refractivity contribution < 1.29 is 4.79 Å². The van der Waals surface area contributed by atoms with Gasteiger partial charge in [0, 0.05) is 35.2 Å². The number of aryl methyl sites for hydroxylation is 4. The first-order valence-corrected chi connectivity index (χ1v) is 10.3. The van der Waals surface area contributed by atoms with E-state index in [1.165, 1.54) is 0 Å². The lowest BCUT2D eigenvalue weighted by Gasteiger charge is -2.12. The van der Waals surface area contributed by atoms with E-state index in [1.54, 1.807) is 0 Å². The Bertz CT molecular complexity index is 1190. The van der Waals surface area contributed by atoms with E-state index < -0.39 is 0 Å². The molecule has 0 spiro atoms. The third-order valence-electron chi connectivity index (χ3n) is 5.37. The van der Waals surface area contributed by atoms with Gasteiger partial charge in [0.15, 0.2) is 0 Å². The number of rotatable bonds is 6. The van der Waals surface area contributed by atoms with E-state index in [9.17, 15) is 4.79 Å². The zero-order valence-corrected chi connectivity index (χ0v) is 18.2. The number of anilines is 1. The van der Waals surface area contributed by atoms with Gasteiger partial charge in [-0.15, -0.1) is 0 Å². The Morgan fingerprint density at radius 3 is 2.53 bits per heavy atom. The normalized spacial score (nSPS) is 11.5. The first kappa shape index (κ1) is 19.9. The van der Waals surface area contributed by atoms with Gasteiger partial charge in [-0.05, 0) is 65.0 Å². The van der Waals surface area contributed by atoms with Gasteiger partial charge in [-0.25, -0.2) is 0 Å². The maximum absolute atomic E-state index is 12.6. The van der Waals surface area contributed by atoms with E-state index in [2.05, 4.69) is 59.9 Å². The molecule has 0 unspecified atom stereocenters. The molecule has 4 aromatic rings. The lowest BCUT2D eigenvalue weighted by Crippen LogP contribution is -2.15. The second-order valence-electron chi connectivity index (χ2n) is 8.03. The second kappa shape index (κ2) is 7.82. The molecule has 7 heteroatoms. The van der Waals surface area contributed by atoms with Crippen molar-refractivity contribution in [1.82, 2.24) is 24.1 Å². The molecule has 0 atom stereocenters. The largest absolute Gasteiger partial charge is 0.326 e. The van der Waals surface area contributed by atoms with Crippen LogP contribution in [0.3, 0.4) is 0 Å². The molecule has 1 amide bonds. The topological polar surface area (TPSA) is 69.7 Å². The summed E-state index contributed by atoms with van der Waals surface area (Å²) >= 11 is 0. The number of carbonyl (C=O) groups is 1. The molecule has 4 rings (SSSR count). The van der Waals surface area contributed by atoms with Crippen LogP contribution in [-0.2, 0) is 11.3 Å². The Labute approximate surface area is 176 Å². The average Bonchev–Trinajstić information content (AvgIpc) is 3.36. The van der Waals surface area contributed by atoms with E-state index in [-0.39, 0.29) is 11.9 Å². The maximum atomic E-state index is 12.6. The number of amides is 1. The van der Waals surface area contributed by atoms with E-state index in [1.807, 2.05) is 46.7 Å². The average molecular weight is 405 g/mol. The number of aromatic nitrogens is 5. The number of hydrogen-bond acceptors (Lipinski definition) is 3. The summed E-state index contributed by atoms with van der Waals surface area (Å²) in [6.45, 7) is 10.8. The zero-order valence-electron chi connectivity index (χ0n) is 18.2. The summed E-state index contributed by atoms with van der Waals surface area (Å²) in [5.41, 5.74) is 7.09. The van der Waals surface area contributed by atoms with Crippen molar-refractivity contribution in [1.29, 1.82) is 0 Å². The van der Waals surface area contributed by atoms with E-state index in [0.29, 0.717) is 13.0 Å². The van der Waals surface area contributed by atoms with Crippen LogP contribution in [0.15, 0.2) is 42.6 Å². The van der Waals surface area contributed by atoms with Gasteiger partial charge in [0.2, 0.25) is 5.91 Å². The Kier molecular flexibility index (Phi) is 5.20. The molecule has 0 radical (unpaired) electrons. The van der Waals surface area contributed by atoms with Crippen LogP contribution in [0.2, 0.25) is 0 Å². The molecule has 0 aliphatic carbocycles. The highest BCUT2D eigenvalue weighted by atomic mass is 16.1. The van der Waals surface area contributed by atoms with E-state index >= 15 is 0 Å². The lowest BCUT2D eigenvalue weighted by atomic mass is 10.2. The van der Waals surface area contributed by atoms with Crippen molar-refractivity contribution in [2.45, 2.75) is 53.6 Å². The standard InChI is InChI=1S/C23H28N6O/c1-15(2)29-21-14-24-27(23(21)18(5)26-29)12-11-22(30)25-19-7-6-8-20(13-19)28-16(3)9-10-17(28)4/h6-10,13-15H,11-12H2,1-5H3,(H,25,30). The molecular formula is C23H28N6O. The minimum Gasteiger partial charge on any atom is -0.326 e. The molecule has 0 saturated heterocycles. The van der Waals surface area contributed by atoms with Crippen molar-refractivity contribution in [3.05, 3.63) is 59.7 Å². The summed E-state index contributed by atoms with van der Waals surface area (Å²) < 4.78 is 6.02. The molecule has 3 aromatic heterocycles. The Hall–Kier alpha value is -3.35. The van der Waals surface area contributed by atoms with Gasteiger partial charge >= 0.3 is 0 Å². The van der Waals surface area contributed by atoms with Crippen LogP contribution in [0.1, 0.15) is 43.4 Å². The van der Waals surface area contributed by atoms with Gasteiger partial charge in [-0.3, -0.25) is 14.2 Å². The van der Waals surface area contributed by atoms with E-state index in [4.69, 9.17) is 0 Å². The molecule has 0 fully saturated rings. The number of nitrogens with zero attached hydrogens (tertiary/aromatic N) is 5. The van der Waals surface area contributed by atoms with Crippen LogP contribution in [0.25, 0.3) is 16.7 Å². The van der Waals surface area contributed by atoms with Crippen LogP contribution >= 0.6 is 0 Å². The second-order valence-corrected chi connectivity index (χ2v) is 8.03. The highest BCUT2D eigenvalue weighted by molar-refractivity contribution is 5.91. The molecule has 0 bridgehead atoms. The quantitative estimate of drug-likeness (QED) is 0.512. The Morgan fingerprint density at radius 1 is 1.10 bits per heavy atom. The molecule has 0 aliphatic heterocycles. The first-order valence-electron chi connectivity index (χ1n) is 10.3. The molecule has 1 aromatic carbocycles. The van der Waals surface area contributed by atoms with Crippen LogP contribution in [0.4, 0.5) is 5.69 Å². The predicted molar refractivity (Wildman–Crippen MR) is 119 cm³/mol. The van der Waals surface area contributed by atoms with Crippen molar-refractivity contribution in [2.24, 2.45) is 0 Å². The summed E-state index contributed by atoms with van der Waals surface area (Å²) in [6.07, 6.45) is 2.17. The van der Waals surface area contributed by atoms with Crippen molar-refractivity contribution in [3.8, 4) is 5.69 Å². The van der Waals surface area contributed by atoms with Gasteiger partial charge in [0.05, 0.1) is 18.4 Å². The van der Waals surface area contributed by atoms with Crippen LogP contribution in [0.5, 0.6) is 0 Å². The Balaban J connectivity index is 1.46. The first-order chi connectivity index (χ1) is 14.3. The van der Waals surface area contributed by atoms with E-state index in [0.717, 1.165) is 39.5 Å². The third-order valence-corrected chi connectivity index (χ3v) is 5.37. The highest BCUT2D eigenvalue weighted by Crippen LogP contribution is 2.22. The van der Waals surface area contributed by atoms with Crippen molar-refractivity contribution >= 4 is 22.6 Å². The fraction of sp³-hybridized carbons (Fsp3) is 0.348. The molecular weight excluding hydrogens is 376 g/mol. The highest BCUT2D eigenvalue weighted by Gasteiger charge is 2.16. The number of benzene rings is 1. The monoisotopic (exact) mass is 404 g/mol. The van der Waals surface area contributed by atoms with Crippen LogP contribution < -0.4 is 5.32 Å². The number of carbonyl (C=O) groups excluding carboxylic acids is 1. The fourth-order valence-corrected chi connectivity index (χ4v) is 3.97. The molecule has 0 aliphatic rings. The minimum absolute atomic E-state index is 0.0364. The number of fused-ring (bicyclic) bond motifs is 1. The molecule has 0 saturated carbocycles. The summed E-state index contributed by atoms with van der Waals surface area (Å²) in [5, 5.41) is 12.1. The van der Waals surface area contributed by atoms with Gasteiger partial charge in [-0.1, -0.05) is 6.07 Å². The van der Waals surface area contributed by atoms with Gasteiger partial charge in [0.1, 0.15) is 11.0 Å². The summed E-state index contributed by atoms with van der Waals surface area (Å²) in [4.78, 5) is 12.6. The Morgan fingerprint density at radius 2 is 1.83 bits per heavy atom. The SMILES string of the molecule is Cc1nn(C(C)C)c2cnn(CCC(=O)Nc3cccc(-n4c(C)ccc4C)c3)c12. The molecule has 3 heterocycles.